The van der Waals surface area contributed by atoms with Crippen molar-refractivity contribution in [2.45, 2.75) is 58.0 Å². The molecule has 164 valence electrons. The largest absolute Gasteiger partial charge is 0.513 e. The Labute approximate surface area is 190 Å². The molecule has 9 heteroatoms. The predicted molar refractivity (Wildman–Crippen MR) is 116 cm³/mol. The highest BCUT2D eigenvalue weighted by molar-refractivity contribution is 6.42. The number of allylic oxidation sites excluding steroid dienone is 3. The van der Waals surface area contributed by atoms with E-state index in [0.717, 1.165) is 37.8 Å². The lowest BCUT2D eigenvalue weighted by Crippen LogP contribution is -2.28. The minimum atomic E-state index is -0.740. The maximum Gasteiger partial charge on any atom is 0.513 e. The second-order valence-corrected chi connectivity index (χ2v) is 8.49. The summed E-state index contributed by atoms with van der Waals surface area (Å²) < 4.78 is 16.8. The number of nitrogens with zero attached hydrogens (tertiary/aromatic N) is 2. The fraction of sp³-hybridized carbons (Fsp3) is 0.409. The molecule has 2 aliphatic rings. The fourth-order valence-electron chi connectivity index (χ4n) is 4.16. The van der Waals surface area contributed by atoms with Gasteiger partial charge in [0.05, 0.1) is 27.2 Å². The Bertz CT molecular complexity index is 1030. The topological polar surface area (TPSA) is 86.5 Å². The number of hydrogen-bond acceptors (Lipinski definition) is 7. The predicted octanol–water partition coefficient (Wildman–Crippen LogP) is 6.21. The van der Waals surface area contributed by atoms with Gasteiger partial charge in [0.2, 0.25) is 12.3 Å². The summed E-state index contributed by atoms with van der Waals surface area (Å²) in [6.45, 7) is 3.70. The van der Waals surface area contributed by atoms with Gasteiger partial charge in [0, 0.05) is 5.70 Å². The van der Waals surface area contributed by atoms with E-state index in [0.29, 0.717) is 38.5 Å². The molecule has 2 aromatic rings. The molecule has 4 rings (SSSR count). The highest BCUT2D eigenvalue weighted by Crippen LogP contribution is 2.46. The van der Waals surface area contributed by atoms with E-state index < -0.39 is 12.1 Å². The summed E-state index contributed by atoms with van der Waals surface area (Å²) in [5, 5.41) is 11.8. The molecule has 1 saturated carbocycles. The first-order chi connectivity index (χ1) is 15.0. The molecule has 1 aliphatic carbocycles. The quantitative estimate of drug-likeness (QED) is 0.538. The highest BCUT2D eigenvalue weighted by atomic mass is 35.5. The van der Waals surface area contributed by atoms with Crippen LogP contribution in [0.2, 0.25) is 10.0 Å². The Morgan fingerprint density at radius 1 is 1.16 bits per heavy atom. The summed E-state index contributed by atoms with van der Waals surface area (Å²) in [6.07, 6.45) is 5.33. The molecular weight excluding hydrogens is 441 g/mol. The van der Waals surface area contributed by atoms with Gasteiger partial charge < -0.3 is 19.2 Å². The monoisotopic (exact) mass is 463 g/mol. The molecule has 1 aromatic heterocycles. The standard InChI is InChI=1S/C22H23Cl2N3O4/c1-12-17(21-27-25-11-29-21)18(15-9-6-10-16(23)19(15)24)20(13(2)26-12)31-22(28)30-14-7-4-3-5-8-14/h6,9-11,14,18,26H,3-5,7-8H2,1-2H3. The van der Waals surface area contributed by atoms with E-state index in [-0.39, 0.29) is 6.10 Å². The zero-order valence-electron chi connectivity index (χ0n) is 17.3. The average Bonchev–Trinajstić information content (AvgIpc) is 3.27. The van der Waals surface area contributed by atoms with Crippen molar-refractivity contribution in [2.24, 2.45) is 0 Å². The number of rotatable bonds is 4. The Balaban J connectivity index is 1.72. The molecule has 1 fully saturated rings. The highest BCUT2D eigenvalue weighted by Gasteiger charge is 2.37. The number of benzene rings is 1. The molecule has 2 heterocycles. The van der Waals surface area contributed by atoms with Gasteiger partial charge in [-0.1, -0.05) is 41.8 Å². The van der Waals surface area contributed by atoms with Gasteiger partial charge in [-0.05, 0) is 51.2 Å². The lowest BCUT2D eigenvalue weighted by Gasteiger charge is -2.31. The van der Waals surface area contributed by atoms with Crippen LogP contribution in [0.15, 0.2) is 46.2 Å². The summed E-state index contributed by atoms with van der Waals surface area (Å²) in [5.74, 6) is 0.0517. The number of ether oxygens (including phenoxy) is 2. The molecule has 1 unspecified atom stereocenters. The van der Waals surface area contributed by atoms with Crippen molar-refractivity contribution in [3.63, 3.8) is 0 Å². The second kappa shape index (κ2) is 9.32. The molecular formula is C22H23Cl2N3O4. The van der Waals surface area contributed by atoms with Crippen LogP contribution < -0.4 is 5.32 Å². The molecule has 0 saturated heterocycles. The summed E-state index contributed by atoms with van der Waals surface area (Å²) in [5.41, 5.74) is 2.73. The lowest BCUT2D eigenvalue weighted by molar-refractivity contribution is 0.0239. The van der Waals surface area contributed by atoms with E-state index in [1.807, 2.05) is 19.9 Å². The van der Waals surface area contributed by atoms with Gasteiger partial charge >= 0.3 is 6.16 Å². The van der Waals surface area contributed by atoms with Crippen LogP contribution in [0, 0.1) is 0 Å². The number of nitrogens with one attached hydrogen (secondary N) is 1. The first-order valence-electron chi connectivity index (χ1n) is 10.2. The number of dihydropyridines is 1. The Morgan fingerprint density at radius 2 is 1.94 bits per heavy atom. The van der Waals surface area contributed by atoms with E-state index in [2.05, 4.69) is 15.5 Å². The summed E-state index contributed by atoms with van der Waals surface area (Å²) >= 11 is 12.9. The van der Waals surface area contributed by atoms with Crippen molar-refractivity contribution in [3.8, 4) is 0 Å². The third kappa shape index (κ3) is 4.57. The van der Waals surface area contributed by atoms with Crippen LogP contribution in [0.1, 0.15) is 63.3 Å². The smallest absolute Gasteiger partial charge is 0.431 e. The third-order valence-corrected chi connectivity index (χ3v) is 6.42. The molecule has 7 nitrogen and oxygen atoms in total. The van der Waals surface area contributed by atoms with Gasteiger partial charge in [-0.3, -0.25) is 0 Å². The molecule has 1 aromatic carbocycles. The second-order valence-electron chi connectivity index (χ2n) is 7.70. The van der Waals surface area contributed by atoms with Crippen molar-refractivity contribution in [3.05, 3.63) is 63.2 Å². The van der Waals surface area contributed by atoms with Crippen molar-refractivity contribution in [1.82, 2.24) is 15.5 Å². The van der Waals surface area contributed by atoms with E-state index >= 15 is 0 Å². The number of aromatic nitrogens is 2. The van der Waals surface area contributed by atoms with Crippen molar-refractivity contribution in [2.75, 3.05) is 0 Å². The zero-order chi connectivity index (χ0) is 22.0. The van der Waals surface area contributed by atoms with Crippen LogP contribution >= 0.6 is 23.2 Å². The normalized spacial score (nSPS) is 19.9. The number of carbonyl (C=O) groups excluding carboxylic acids is 1. The number of carbonyl (C=O) groups is 1. The fourth-order valence-corrected chi connectivity index (χ4v) is 4.57. The van der Waals surface area contributed by atoms with Gasteiger partial charge in [0.25, 0.3) is 0 Å². The molecule has 0 radical (unpaired) electrons. The molecule has 0 amide bonds. The van der Waals surface area contributed by atoms with E-state index in [9.17, 15) is 4.79 Å². The molecule has 0 spiro atoms. The molecule has 1 aliphatic heterocycles. The minimum absolute atomic E-state index is 0.125. The van der Waals surface area contributed by atoms with E-state index in [1.54, 1.807) is 12.1 Å². The van der Waals surface area contributed by atoms with Crippen molar-refractivity contribution >= 4 is 34.9 Å². The first-order valence-corrected chi connectivity index (χ1v) is 11.0. The Hall–Kier alpha value is -2.51. The summed E-state index contributed by atoms with van der Waals surface area (Å²) in [6, 6.07) is 5.32. The Morgan fingerprint density at radius 3 is 2.65 bits per heavy atom. The van der Waals surface area contributed by atoms with Crippen LogP contribution in [0.5, 0.6) is 0 Å². The van der Waals surface area contributed by atoms with Gasteiger partial charge in [0.15, 0.2) is 0 Å². The number of hydrogen-bond donors (Lipinski definition) is 1. The van der Waals surface area contributed by atoms with Crippen LogP contribution in [0.4, 0.5) is 4.79 Å². The van der Waals surface area contributed by atoms with Gasteiger partial charge in [0.1, 0.15) is 11.9 Å². The zero-order valence-corrected chi connectivity index (χ0v) is 18.8. The van der Waals surface area contributed by atoms with E-state index in [4.69, 9.17) is 37.1 Å². The van der Waals surface area contributed by atoms with Gasteiger partial charge in [-0.25, -0.2) is 4.79 Å². The molecule has 31 heavy (non-hydrogen) atoms. The van der Waals surface area contributed by atoms with Crippen LogP contribution in [-0.2, 0) is 9.47 Å². The maximum absolute atomic E-state index is 12.7. The van der Waals surface area contributed by atoms with Crippen LogP contribution in [0.3, 0.4) is 0 Å². The van der Waals surface area contributed by atoms with Crippen molar-refractivity contribution < 1.29 is 18.7 Å². The van der Waals surface area contributed by atoms with Crippen LogP contribution in [-0.4, -0.2) is 22.5 Å². The average molecular weight is 464 g/mol. The molecule has 1 N–H and O–H groups in total. The summed E-state index contributed by atoms with van der Waals surface area (Å²) in [4.78, 5) is 12.7. The third-order valence-electron chi connectivity index (χ3n) is 5.59. The minimum Gasteiger partial charge on any atom is -0.431 e. The lowest BCUT2D eigenvalue weighted by atomic mass is 9.85. The SMILES string of the molecule is CC1=C(OC(=O)OC2CCCCC2)C(c2cccc(Cl)c2Cl)C(c2nnco2)=C(C)N1. The molecule has 0 bridgehead atoms. The van der Waals surface area contributed by atoms with Gasteiger partial charge in [-0.2, -0.15) is 0 Å². The van der Waals surface area contributed by atoms with Crippen molar-refractivity contribution in [1.29, 1.82) is 0 Å². The maximum atomic E-state index is 12.7. The first kappa shape index (κ1) is 21.7. The Kier molecular flexibility index (Phi) is 6.53. The molecule has 1 atom stereocenters. The summed E-state index contributed by atoms with van der Waals surface area (Å²) in [7, 11) is 0. The van der Waals surface area contributed by atoms with E-state index in [1.165, 1.54) is 6.39 Å². The van der Waals surface area contributed by atoms with Gasteiger partial charge in [-0.15, -0.1) is 10.2 Å². The number of halogens is 2. The van der Waals surface area contributed by atoms with Crippen LogP contribution in [0.25, 0.3) is 5.57 Å².